The zero-order valence-corrected chi connectivity index (χ0v) is 18.9. The number of nitrogens with one attached hydrogen (secondary N) is 2. The molecule has 160 valence electrons. The van der Waals surface area contributed by atoms with Crippen LogP contribution in [0.3, 0.4) is 0 Å². The van der Waals surface area contributed by atoms with Crippen LogP contribution in [0.1, 0.15) is 30.0 Å². The summed E-state index contributed by atoms with van der Waals surface area (Å²) in [6.45, 7) is 2.87. The van der Waals surface area contributed by atoms with Gasteiger partial charge in [-0.25, -0.2) is 0 Å². The van der Waals surface area contributed by atoms with Gasteiger partial charge in [-0.1, -0.05) is 12.1 Å². The first kappa shape index (κ1) is 25.0. The highest BCUT2D eigenvalue weighted by atomic mass is 127. The molecule has 0 radical (unpaired) electrons. The van der Waals surface area contributed by atoms with E-state index in [9.17, 15) is 13.2 Å². The molecule has 2 atom stereocenters. The lowest BCUT2D eigenvalue weighted by atomic mass is 9.84. The average molecular weight is 514 g/mol. The van der Waals surface area contributed by atoms with Crippen molar-refractivity contribution in [1.82, 2.24) is 15.5 Å². The highest BCUT2D eigenvalue weighted by Gasteiger charge is 2.33. The SMILES string of the molecule is CN=C(NCCOC)NCC1CCCN(C)C1c1ccc(C(F)(F)F)cc1.I. The van der Waals surface area contributed by atoms with Crippen LogP contribution >= 0.6 is 24.0 Å². The molecule has 0 spiro atoms. The van der Waals surface area contributed by atoms with Crippen LogP contribution in [0.25, 0.3) is 0 Å². The Morgan fingerprint density at radius 3 is 2.50 bits per heavy atom. The summed E-state index contributed by atoms with van der Waals surface area (Å²) < 4.78 is 43.5. The lowest BCUT2D eigenvalue weighted by Crippen LogP contribution is -2.45. The van der Waals surface area contributed by atoms with Crippen molar-refractivity contribution in [3.63, 3.8) is 0 Å². The summed E-state index contributed by atoms with van der Waals surface area (Å²) in [5.41, 5.74) is 0.307. The number of halogens is 4. The van der Waals surface area contributed by atoms with Gasteiger partial charge in [-0.15, -0.1) is 24.0 Å². The number of alkyl halides is 3. The summed E-state index contributed by atoms with van der Waals surface area (Å²) in [6.07, 6.45) is -2.23. The number of rotatable bonds is 6. The largest absolute Gasteiger partial charge is 0.416 e. The lowest BCUT2D eigenvalue weighted by molar-refractivity contribution is -0.137. The van der Waals surface area contributed by atoms with Crippen LogP contribution in [-0.2, 0) is 10.9 Å². The predicted octanol–water partition coefficient (Wildman–Crippen LogP) is 3.52. The highest BCUT2D eigenvalue weighted by molar-refractivity contribution is 14.0. The molecule has 2 N–H and O–H groups in total. The summed E-state index contributed by atoms with van der Waals surface area (Å²) in [5.74, 6) is 0.980. The van der Waals surface area contributed by atoms with E-state index in [1.807, 2.05) is 7.05 Å². The number of nitrogens with zero attached hydrogens (tertiary/aromatic N) is 2. The molecule has 1 aromatic rings. The maximum Gasteiger partial charge on any atom is 0.416 e. The molecule has 0 bridgehead atoms. The normalized spacial score (nSPS) is 21.1. The van der Waals surface area contributed by atoms with E-state index in [0.29, 0.717) is 25.7 Å². The Kier molecular flexibility index (Phi) is 10.5. The Balaban J connectivity index is 0.00000392. The number of guanidine groups is 1. The first-order valence-corrected chi connectivity index (χ1v) is 9.17. The summed E-state index contributed by atoms with van der Waals surface area (Å²) in [6, 6.07) is 5.63. The standard InChI is InChI=1S/C19H29F3N4O.HI/c1-23-18(24-10-12-27-3)25-13-15-5-4-11-26(2)17(15)14-6-8-16(9-7-14)19(20,21)22;/h6-9,15,17H,4-5,10-13H2,1-3H3,(H2,23,24,25);1H. The Hall–Kier alpha value is -1.07. The molecule has 1 aliphatic rings. The van der Waals surface area contributed by atoms with Gasteiger partial charge in [-0.05, 0) is 50.0 Å². The Labute approximate surface area is 182 Å². The van der Waals surface area contributed by atoms with E-state index in [-0.39, 0.29) is 35.9 Å². The van der Waals surface area contributed by atoms with Crippen molar-refractivity contribution in [1.29, 1.82) is 0 Å². The Morgan fingerprint density at radius 1 is 1.25 bits per heavy atom. The third-order valence-corrected chi connectivity index (χ3v) is 4.94. The number of aliphatic imine (C=N–C) groups is 1. The van der Waals surface area contributed by atoms with Gasteiger partial charge in [0.05, 0.1) is 12.2 Å². The van der Waals surface area contributed by atoms with E-state index in [4.69, 9.17) is 4.74 Å². The van der Waals surface area contributed by atoms with Gasteiger partial charge in [0, 0.05) is 33.3 Å². The fraction of sp³-hybridized carbons (Fsp3) is 0.632. The molecule has 2 unspecified atom stereocenters. The fourth-order valence-corrected chi connectivity index (χ4v) is 3.59. The van der Waals surface area contributed by atoms with Gasteiger partial charge in [0.1, 0.15) is 0 Å². The second-order valence-corrected chi connectivity index (χ2v) is 6.82. The molecule has 2 rings (SSSR count). The van der Waals surface area contributed by atoms with Crippen molar-refractivity contribution in [2.45, 2.75) is 25.1 Å². The van der Waals surface area contributed by atoms with Gasteiger partial charge >= 0.3 is 6.18 Å². The van der Waals surface area contributed by atoms with Crippen LogP contribution in [0, 0.1) is 5.92 Å². The smallest absolute Gasteiger partial charge is 0.383 e. The van der Waals surface area contributed by atoms with E-state index < -0.39 is 11.7 Å². The van der Waals surface area contributed by atoms with Gasteiger partial charge < -0.3 is 15.4 Å². The van der Waals surface area contributed by atoms with Crippen LogP contribution in [0.15, 0.2) is 29.3 Å². The molecule has 1 aliphatic heterocycles. The number of hydrogen-bond acceptors (Lipinski definition) is 3. The van der Waals surface area contributed by atoms with Crippen molar-refractivity contribution in [2.75, 3.05) is 47.4 Å². The minimum Gasteiger partial charge on any atom is -0.383 e. The van der Waals surface area contributed by atoms with E-state index in [0.717, 1.165) is 24.9 Å². The maximum absolute atomic E-state index is 12.8. The first-order chi connectivity index (χ1) is 12.9. The van der Waals surface area contributed by atoms with Gasteiger partial charge in [0.15, 0.2) is 5.96 Å². The van der Waals surface area contributed by atoms with E-state index in [1.54, 1.807) is 26.3 Å². The number of benzene rings is 1. The van der Waals surface area contributed by atoms with Crippen molar-refractivity contribution < 1.29 is 17.9 Å². The lowest BCUT2D eigenvalue weighted by Gasteiger charge is -2.40. The quantitative estimate of drug-likeness (QED) is 0.264. The molecule has 1 saturated heterocycles. The third-order valence-electron chi connectivity index (χ3n) is 4.94. The van der Waals surface area contributed by atoms with Gasteiger partial charge in [-0.2, -0.15) is 13.2 Å². The first-order valence-electron chi connectivity index (χ1n) is 9.17. The summed E-state index contributed by atoms with van der Waals surface area (Å²) in [5, 5.41) is 6.51. The molecule has 0 aromatic heterocycles. The molecule has 1 heterocycles. The summed E-state index contributed by atoms with van der Waals surface area (Å²) >= 11 is 0. The zero-order valence-electron chi connectivity index (χ0n) is 16.6. The molecule has 9 heteroatoms. The molecular formula is C19H30F3IN4O. The molecule has 0 amide bonds. The van der Waals surface area contributed by atoms with Crippen LogP contribution in [0.2, 0.25) is 0 Å². The van der Waals surface area contributed by atoms with E-state index in [1.165, 1.54) is 12.1 Å². The number of piperidine rings is 1. The second-order valence-electron chi connectivity index (χ2n) is 6.82. The van der Waals surface area contributed by atoms with Crippen molar-refractivity contribution in [3.8, 4) is 0 Å². The van der Waals surface area contributed by atoms with Crippen LogP contribution in [0.4, 0.5) is 13.2 Å². The molecule has 28 heavy (non-hydrogen) atoms. The van der Waals surface area contributed by atoms with Crippen LogP contribution < -0.4 is 10.6 Å². The highest BCUT2D eigenvalue weighted by Crippen LogP contribution is 2.36. The maximum atomic E-state index is 12.8. The van der Waals surface area contributed by atoms with Gasteiger partial charge in [0.2, 0.25) is 0 Å². The second kappa shape index (κ2) is 11.8. The molecule has 1 fully saturated rings. The van der Waals surface area contributed by atoms with Crippen molar-refractivity contribution in [2.24, 2.45) is 10.9 Å². The minimum absolute atomic E-state index is 0. The van der Waals surface area contributed by atoms with E-state index >= 15 is 0 Å². The summed E-state index contributed by atoms with van der Waals surface area (Å²) in [7, 11) is 5.38. The van der Waals surface area contributed by atoms with Crippen molar-refractivity contribution >= 4 is 29.9 Å². The molecule has 0 saturated carbocycles. The predicted molar refractivity (Wildman–Crippen MR) is 116 cm³/mol. The van der Waals surface area contributed by atoms with Crippen LogP contribution in [0.5, 0.6) is 0 Å². The summed E-state index contributed by atoms with van der Waals surface area (Å²) in [4.78, 5) is 6.42. The average Bonchev–Trinajstić information content (AvgIpc) is 2.64. The Bertz CT molecular complexity index is 610. The topological polar surface area (TPSA) is 48.9 Å². The monoisotopic (exact) mass is 514 g/mol. The number of likely N-dealkylation sites (tertiary alicyclic amines) is 1. The third kappa shape index (κ3) is 7.07. The number of hydrogen-bond donors (Lipinski definition) is 2. The zero-order chi connectivity index (χ0) is 19.9. The van der Waals surface area contributed by atoms with Gasteiger partial charge in [0.25, 0.3) is 0 Å². The van der Waals surface area contributed by atoms with Crippen LogP contribution in [-0.4, -0.2) is 58.3 Å². The van der Waals surface area contributed by atoms with E-state index in [2.05, 4.69) is 20.5 Å². The van der Waals surface area contributed by atoms with Gasteiger partial charge in [-0.3, -0.25) is 9.89 Å². The molecular weight excluding hydrogens is 484 g/mol. The molecule has 1 aromatic carbocycles. The fourth-order valence-electron chi connectivity index (χ4n) is 3.59. The molecule has 0 aliphatic carbocycles. The number of ether oxygens (including phenoxy) is 1. The number of methoxy groups -OCH3 is 1. The molecule has 5 nitrogen and oxygen atoms in total. The van der Waals surface area contributed by atoms with Crippen molar-refractivity contribution in [3.05, 3.63) is 35.4 Å². The minimum atomic E-state index is -4.31. The Morgan fingerprint density at radius 2 is 1.93 bits per heavy atom.